The lowest BCUT2D eigenvalue weighted by Gasteiger charge is -2.21. The standard InChI is InChI=1S/C83H162O17P2/c1-9-76(8)62-54-46-38-32-33-41-50-58-66-83(88)100-78(69-93-80(85)63-55-47-39-30-26-22-18-15-14-17-21-25-29-36-44-52-60-74(4)5)71-97-101(89,90)95-67-77(84)68-96-102(91,92)98-72-79(70-94-81(86)64-56-48-42-34-37-45-53-61-75(6)7)99-82(87)65-57-49-40-31-27-23-19-13-11-10-12-16-20-24-28-35-43-51-59-73(2)3/h73-79,84H,9-72H2,1-8H3,(H,89,90)(H,91,92)/t76?,77?,78-,79-/m1/s1. The van der Waals surface area contributed by atoms with Gasteiger partial charge in [0.05, 0.1) is 26.4 Å². The van der Waals surface area contributed by atoms with Crippen molar-refractivity contribution in [2.24, 2.45) is 23.7 Å². The van der Waals surface area contributed by atoms with Crippen molar-refractivity contribution in [3.05, 3.63) is 0 Å². The highest BCUT2D eigenvalue weighted by Crippen LogP contribution is 2.45. The topological polar surface area (TPSA) is 237 Å². The van der Waals surface area contributed by atoms with E-state index >= 15 is 0 Å². The molecule has 0 spiro atoms. The Hall–Kier alpha value is -1.94. The Morgan fingerprint density at radius 1 is 0.275 bits per heavy atom. The summed E-state index contributed by atoms with van der Waals surface area (Å²) in [4.78, 5) is 73.0. The van der Waals surface area contributed by atoms with Gasteiger partial charge < -0.3 is 33.8 Å². The van der Waals surface area contributed by atoms with Crippen molar-refractivity contribution < 1.29 is 80.2 Å². The average molecular weight is 1490 g/mol. The molecule has 19 heteroatoms. The van der Waals surface area contributed by atoms with Gasteiger partial charge in [0.15, 0.2) is 12.2 Å². The average Bonchev–Trinajstić information content (AvgIpc) is 0.916. The molecule has 0 aliphatic rings. The number of esters is 4. The predicted octanol–water partition coefficient (Wildman–Crippen LogP) is 24.8. The van der Waals surface area contributed by atoms with E-state index in [-0.39, 0.29) is 25.7 Å². The van der Waals surface area contributed by atoms with Gasteiger partial charge in [0.2, 0.25) is 0 Å². The van der Waals surface area contributed by atoms with E-state index in [0.29, 0.717) is 31.6 Å². The third kappa shape index (κ3) is 74.9. The molecule has 0 heterocycles. The summed E-state index contributed by atoms with van der Waals surface area (Å²) in [5, 5.41) is 10.6. The molecular weight excluding hydrogens is 1330 g/mol. The van der Waals surface area contributed by atoms with Crippen LogP contribution in [0.2, 0.25) is 0 Å². The number of phosphoric acid groups is 2. The number of aliphatic hydroxyl groups excluding tert-OH is 1. The lowest BCUT2D eigenvalue weighted by Crippen LogP contribution is -2.30. The van der Waals surface area contributed by atoms with Crippen LogP contribution in [0.4, 0.5) is 0 Å². The molecule has 0 aromatic carbocycles. The monoisotopic (exact) mass is 1490 g/mol. The molecule has 0 aromatic rings. The Kier molecular flexibility index (Phi) is 70.6. The maximum absolute atomic E-state index is 13.1. The molecule has 17 nitrogen and oxygen atoms in total. The first-order valence-electron chi connectivity index (χ1n) is 42.7. The first-order valence-corrected chi connectivity index (χ1v) is 45.7. The van der Waals surface area contributed by atoms with Gasteiger partial charge in [-0.15, -0.1) is 0 Å². The zero-order valence-corrected chi connectivity index (χ0v) is 69.0. The van der Waals surface area contributed by atoms with Crippen molar-refractivity contribution >= 4 is 39.5 Å². The Bertz CT molecular complexity index is 1990. The zero-order chi connectivity index (χ0) is 75.3. The summed E-state index contributed by atoms with van der Waals surface area (Å²) >= 11 is 0. The maximum Gasteiger partial charge on any atom is 0.472 e. The van der Waals surface area contributed by atoms with Crippen molar-refractivity contribution in [3.63, 3.8) is 0 Å². The summed E-state index contributed by atoms with van der Waals surface area (Å²) in [5.74, 6) is 0.993. The normalized spacial score (nSPS) is 14.3. The number of carbonyl (C=O) groups is 4. The van der Waals surface area contributed by atoms with Gasteiger partial charge in [0, 0.05) is 25.7 Å². The molecule has 0 radical (unpaired) electrons. The number of rotatable bonds is 80. The highest BCUT2D eigenvalue weighted by molar-refractivity contribution is 7.47. The third-order valence-corrected chi connectivity index (χ3v) is 21.6. The molecular formula is C83H162O17P2. The molecule has 0 fully saturated rings. The summed E-state index contributed by atoms with van der Waals surface area (Å²) in [6, 6.07) is 0. The van der Waals surface area contributed by atoms with E-state index < -0.39 is 97.5 Å². The minimum absolute atomic E-state index is 0.105. The molecule has 6 atom stereocenters. The van der Waals surface area contributed by atoms with Crippen LogP contribution in [0.25, 0.3) is 0 Å². The summed E-state index contributed by atoms with van der Waals surface area (Å²) in [5.41, 5.74) is 0. The van der Waals surface area contributed by atoms with Crippen molar-refractivity contribution in [2.75, 3.05) is 39.6 Å². The van der Waals surface area contributed by atoms with E-state index in [1.165, 1.54) is 225 Å². The lowest BCUT2D eigenvalue weighted by molar-refractivity contribution is -0.161. The number of hydrogen-bond acceptors (Lipinski definition) is 15. The van der Waals surface area contributed by atoms with Crippen molar-refractivity contribution in [3.8, 4) is 0 Å². The number of unbranched alkanes of at least 4 members (excludes halogenated alkanes) is 45. The number of carbonyl (C=O) groups excluding carboxylic acids is 4. The second-order valence-corrected chi connectivity index (χ2v) is 34.4. The number of ether oxygens (including phenoxy) is 4. The Labute approximate surface area is 626 Å². The Morgan fingerprint density at radius 2 is 0.471 bits per heavy atom. The first kappa shape index (κ1) is 100. The minimum atomic E-state index is -4.96. The van der Waals surface area contributed by atoms with Crippen LogP contribution in [0.15, 0.2) is 0 Å². The van der Waals surface area contributed by atoms with Crippen LogP contribution in [-0.2, 0) is 65.4 Å². The van der Waals surface area contributed by atoms with Crippen LogP contribution in [0.1, 0.15) is 428 Å². The Morgan fingerprint density at radius 3 is 0.696 bits per heavy atom. The molecule has 0 saturated heterocycles. The SMILES string of the molecule is CCC(C)CCCCCCCCCCC(=O)O[C@H](COC(=O)CCCCCCCCCCCCCCCCCCC(C)C)COP(=O)(O)OCC(O)COP(=O)(O)OC[C@@H](COC(=O)CCCCCCCCCC(C)C)OC(=O)CCCCCCCCCCCCCCCCCCCCC(C)C. The smallest absolute Gasteiger partial charge is 0.462 e. The van der Waals surface area contributed by atoms with Crippen molar-refractivity contribution in [2.45, 2.75) is 446 Å². The number of hydrogen-bond donors (Lipinski definition) is 3. The van der Waals surface area contributed by atoms with Gasteiger partial charge in [0.1, 0.15) is 19.3 Å². The molecule has 0 aromatic heterocycles. The van der Waals surface area contributed by atoms with E-state index in [9.17, 15) is 43.2 Å². The van der Waals surface area contributed by atoms with E-state index in [1.54, 1.807) is 0 Å². The van der Waals surface area contributed by atoms with Crippen LogP contribution < -0.4 is 0 Å². The first-order chi connectivity index (χ1) is 49.1. The fraction of sp³-hybridized carbons (Fsp3) is 0.952. The molecule has 3 N–H and O–H groups in total. The molecule has 0 aliphatic carbocycles. The van der Waals surface area contributed by atoms with E-state index in [1.807, 2.05) is 0 Å². The molecule has 0 amide bonds. The quantitative estimate of drug-likeness (QED) is 0.0222. The van der Waals surface area contributed by atoms with Crippen LogP contribution in [0.3, 0.4) is 0 Å². The summed E-state index contributed by atoms with van der Waals surface area (Å²) in [6.45, 7) is 14.3. The molecule has 0 saturated carbocycles. The highest BCUT2D eigenvalue weighted by Gasteiger charge is 2.30. The molecule has 0 bridgehead atoms. The van der Waals surface area contributed by atoms with E-state index in [2.05, 4.69) is 55.4 Å². The van der Waals surface area contributed by atoms with E-state index in [4.69, 9.17) is 37.0 Å². The summed E-state index contributed by atoms with van der Waals surface area (Å²) in [6.07, 6.45) is 59.9. The zero-order valence-electron chi connectivity index (χ0n) is 67.2. The van der Waals surface area contributed by atoms with Crippen LogP contribution in [-0.4, -0.2) is 96.7 Å². The molecule has 0 rings (SSSR count). The minimum Gasteiger partial charge on any atom is -0.462 e. The lowest BCUT2D eigenvalue weighted by atomic mass is 9.99. The van der Waals surface area contributed by atoms with Gasteiger partial charge in [-0.2, -0.15) is 0 Å². The van der Waals surface area contributed by atoms with Gasteiger partial charge in [-0.25, -0.2) is 9.13 Å². The number of phosphoric ester groups is 2. The predicted molar refractivity (Wildman–Crippen MR) is 418 cm³/mol. The third-order valence-electron chi connectivity index (χ3n) is 19.7. The highest BCUT2D eigenvalue weighted by atomic mass is 31.2. The van der Waals surface area contributed by atoms with Crippen LogP contribution in [0, 0.1) is 23.7 Å². The van der Waals surface area contributed by atoms with Gasteiger partial charge in [-0.1, -0.05) is 376 Å². The maximum atomic E-state index is 13.1. The summed E-state index contributed by atoms with van der Waals surface area (Å²) in [7, 11) is -9.92. The van der Waals surface area contributed by atoms with E-state index in [0.717, 1.165) is 114 Å². The second kappa shape index (κ2) is 72.0. The Balaban J connectivity index is 5.17. The van der Waals surface area contributed by atoms with Crippen LogP contribution in [0.5, 0.6) is 0 Å². The van der Waals surface area contributed by atoms with Gasteiger partial charge in [-0.3, -0.25) is 37.3 Å². The van der Waals surface area contributed by atoms with Crippen molar-refractivity contribution in [1.82, 2.24) is 0 Å². The number of aliphatic hydroxyl groups is 1. The van der Waals surface area contributed by atoms with Gasteiger partial charge >= 0.3 is 39.5 Å². The van der Waals surface area contributed by atoms with Crippen molar-refractivity contribution in [1.29, 1.82) is 0 Å². The fourth-order valence-corrected chi connectivity index (χ4v) is 14.3. The van der Waals surface area contributed by atoms with Gasteiger partial charge in [0.25, 0.3) is 0 Å². The van der Waals surface area contributed by atoms with Gasteiger partial charge in [-0.05, 0) is 49.4 Å². The fourth-order valence-electron chi connectivity index (χ4n) is 12.8. The largest absolute Gasteiger partial charge is 0.472 e. The van der Waals surface area contributed by atoms with Crippen LogP contribution >= 0.6 is 15.6 Å². The summed E-state index contributed by atoms with van der Waals surface area (Å²) < 4.78 is 68.7. The molecule has 0 aliphatic heterocycles. The second-order valence-electron chi connectivity index (χ2n) is 31.5. The molecule has 606 valence electrons. The molecule has 102 heavy (non-hydrogen) atoms. The molecule has 4 unspecified atom stereocenters.